The minimum atomic E-state index is -0.272. The lowest BCUT2D eigenvalue weighted by Crippen LogP contribution is -2.37. The Labute approximate surface area is 177 Å². The van der Waals surface area contributed by atoms with Gasteiger partial charge in [-0.25, -0.2) is 9.37 Å². The van der Waals surface area contributed by atoms with E-state index in [-0.39, 0.29) is 23.0 Å². The van der Waals surface area contributed by atoms with E-state index in [0.717, 1.165) is 32.0 Å². The molecule has 3 aromatic rings. The number of piperidine rings is 1. The van der Waals surface area contributed by atoms with Crippen molar-refractivity contribution in [3.8, 4) is 11.1 Å². The number of anilines is 1. The fourth-order valence-electron chi connectivity index (χ4n) is 3.85. The standard InChI is InChI=1S/C21H21ClFN3O2S/c1-3-28-20(27)14-8-10-26(11-9-14)18-17-16(13-4-6-15(23)7-5-13)12(2)29-19(17)25-21(22)24-18/h4-7,14H,3,8-11H2,1-2H3. The molecule has 0 radical (unpaired) electrons. The molecule has 3 heterocycles. The van der Waals surface area contributed by atoms with E-state index in [0.29, 0.717) is 32.5 Å². The maximum atomic E-state index is 13.4. The van der Waals surface area contributed by atoms with Gasteiger partial charge in [0.1, 0.15) is 16.5 Å². The van der Waals surface area contributed by atoms with Crippen molar-refractivity contribution in [1.82, 2.24) is 9.97 Å². The molecule has 0 spiro atoms. The fraction of sp³-hybridized carbons (Fsp3) is 0.381. The van der Waals surface area contributed by atoms with Gasteiger partial charge in [-0.05, 0) is 56.0 Å². The van der Waals surface area contributed by atoms with Gasteiger partial charge in [0.2, 0.25) is 5.28 Å². The normalized spacial score (nSPS) is 15.1. The van der Waals surface area contributed by atoms with E-state index < -0.39 is 0 Å². The van der Waals surface area contributed by atoms with Crippen LogP contribution < -0.4 is 4.90 Å². The van der Waals surface area contributed by atoms with Gasteiger partial charge in [-0.3, -0.25) is 4.79 Å². The molecule has 1 aromatic carbocycles. The molecule has 1 aliphatic heterocycles. The van der Waals surface area contributed by atoms with Gasteiger partial charge in [-0.2, -0.15) is 4.98 Å². The smallest absolute Gasteiger partial charge is 0.309 e. The van der Waals surface area contributed by atoms with Gasteiger partial charge in [0.25, 0.3) is 0 Å². The summed E-state index contributed by atoms with van der Waals surface area (Å²) in [6.45, 7) is 5.61. The SMILES string of the molecule is CCOC(=O)C1CCN(c2nc(Cl)nc3sc(C)c(-c4ccc(F)cc4)c23)CC1. The zero-order chi connectivity index (χ0) is 20.5. The van der Waals surface area contributed by atoms with Crippen molar-refractivity contribution in [3.05, 3.63) is 40.2 Å². The van der Waals surface area contributed by atoms with Crippen LogP contribution in [0.3, 0.4) is 0 Å². The van der Waals surface area contributed by atoms with Crippen LogP contribution in [0.5, 0.6) is 0 Å². The maximum absolute atomic E-state index is 13.4. The summed E-state index contributed by atoms with van der Waals surface area (Å²) < 4.78 is 18.6. The number of hydrogen-bond donors (Lipinski definition) is 0. The van der Waals surface area contributed by atoms with Crippen molar-refractivity contribution in [2.75, 3.05) is 24.6 Å². The molecule has 1 saturated heterocycles. The van der Waals surface area contributed by atoms with Gasteiger partial charge in [0.05, 0.1) is 17.9 Å². The Kier molecular flexibility index (Phi) is 5.69. The average Bonchev–Trinajstić information content (AvgIpc) is 3.04. The number of nitrogens with zero attached hydrogens (tertiary/aromatic N) is 3. The predicted octanol–water partition coefficient (Wildman–Crippen LogP) is 5.24. The molecule has 5 nitrogen and oxygen atoms in total. The third kappa shape index (κ3) is 3.94. The van der Waals surface area contributed by atoms with Crippen LogP contribution in [0.25, 0.3) is 21.3 Å². The highest BCUT2D eigenvalue weighted by molar-refractivity contribution is 7.19. The van der Waals surface area contributed by atoms with Gasteiger partial charge < -0.3 is 9.64 Å². The Morgan fingerprint density at radius 1 is 1.28 bits per heavy atom. The van der Waals surface area contributed by atoms with Gasteiger partial charge in [-0.15, -0.1) is 11.3 Å². The van der Waals surface area contributed by atoms with Crippen molar-refractivity contribution in [3.63, 3.8) is 0 Å². The molecule has 0 unspecified atom stereocenters. The first-order chi connectivity index (χ1) is 14.0. The highest BCUT2D eigenvalue weighted by Crippen LogP contribution is 2.43. The number of aryl methyl sites for hydroxylation is 1. The number of esters is 1. The highest BCUT2D eigenvalue weighted by Gasteiger charge is 2.29. The predicted molar refractivity (Wildman–Crippen MR) is 114 cm³/mol. The molecule has 0 atom stereocenters. The van der Waals surface area contributed by atoms with E-state index in [1.54, 1.807) is 23.5 Å². The minimum absolute atomic E-state index is 0.0835. The number of hydrogen-bond acceptors (Lipinski definition) is 6. The van der Waals surface area contributed by atoms with E-state index in [1.165, 1.54) is 12.1 Å². The number of aromatic nitrogens is 2. The van der Waals surface area contributed by atoms with Gasteiger partial charge in [0.15, 0.2) is 0 Å². The van der Waals surface area contributed by atoms with Gasteiger partial charge in [-0.1, -0.05) is 12.1 Å². The van der Waals surface area contributed by atoms with Crippen LogP contribution >= 0.6 is 22.9 Å². The van der Waals surface area contributed by atoms with Crippen molar-refractivity contribution in [2.24, 2.45) is 5.92 Å². The molecule has 1 fully saturated rings. The number of carbonyl (C=O) groups is 1. The summed E-state index contributed by atoms with van der Waals surface area (Å²) in [7, 11) is 0. The molecular weight excluding hydrogens is 413 g/mol. The molecule has 4 rings (SSSR count). The van der Waals surface area contributed by atoms with E-state index in [1.807, 2.05) is 13.8 Å². The largest absolute Gasteiger partial charge is 0.466 e. The van der Waals surface area contributed by atoms with Crippen molar-refractivity contribution in [2.45, 2.75) is 26.7 Å². The first-order valence-electron chi connectivity index (χ1n) is 9.62. The number of carbonyl (C=O) groups excluding carboxylic acids is 1. The summed E-state index contributed by atoms with van der Waals surface area (Å²) in [6.07, 6.45) is 1.41. The molecule has 0 bridgehead atoms. The molecular formula is C21H21ClFN3O2S. The second-order valence-corrected chi connectivity index (χ2v) is 8.59. The Balaban J connectivity index is 1.73. The molecule has 29 heavy (non-hydrogen) atoms. The summed E-state index contributed by atoms with van der Waals surface area (Å²) in [6, 6.07) is 6.46. The van der Waals surface area contributed by atoms with Crippen LogP contribution in [0.2, 0.25) is 5.28 Å². The van der Waals surface area contributed by atoms with E-state index in [2.05, 4.69) is 14.9 Å². The van der Waals surface area contributed by atoms with E-state index in [4.69, 9.17) is 16.3 Å². The lowest BCUT2D eigenvalue weighted by molar-refractivity contribution is -0.148. The molecule has 0 amide bonds. The quantitative estimate of drug-likeness (QED) is 0.416. The van der Waals surface area contributed by atoms with E-state index in [9.17, 15) is 9.18 Å². The number of halogens is 2. The third-order valence-electron chi connectivity index (χ3n) is 5.23. The van der Waals surface area contributed by atoms with E-state index >= 15 is 0 Å². The average molecular weight is 434 g/mol. The van der Waals surface area contributed by atoms with Crippen LogP contribution in [0, 0.1) is 18.7 Å². The Hall–Kier alpha value is -2.25. The minimum Gasteiger partial charge on any atom is -0.466 e. The molecule has 152 valence electrons. The van der Waals surface area contributed by atoms with Crippen LogP contribution in [0.1, 0.15) is 24.6 Å². The Morgan fingerprint density at radius 3 is 2.62 bits per heavy atom. The van der Waals surface area contributed by atoms with Crippen molar-refractivity contribution in [1.29, 1.82) is 0 Å². The zero-order valence-electron chi connectivity index (χ0n) is 16.2. The van der Waals surface area contributed by atoms with Gasteiger partial charge in [0, 0.05) is 23.5 Å². The molecule has 1 aliphatic rings. The molecule has 0 aliphatic carbocycles. The number of rotatable bonds is 4. The van der Waals surface area contributed by atoms with Crippen LogP contribution in [0.4, 0.5) is 10.2 Å². The summed E-state index contributed by atoms with van der Waals surface area (Å²) in [5.41, 5.74) is 1.92. The second kappa shape index (κ2) is 8.24. The second-order valence-electron chi connectivity index (χ2n) is 7.05. The molecule has 8 heteroatoms. The monoisotopic (exact) mass is 433 g/mol. The summed E-state index contributed by atoms with van der Waals surface area (Å²) in [4.78, 5) is 25.1. The van der Waals surface area contributed by atoms with Crippen LogP contribution in [-0.4, -0.2) is 35.6 Å². The van der Waals surface area contributed by atoms with Crippen LogP contribution in [-0.2, 0) is 9.53 Å². The number of fused-ring (bicyclic) bond motifs is 1. The fourth-order valence-corrected chi connectivity index (χ4v) is 5.10. The summed E-state index contributed by atoms with van der Waals surface area (Å²) in [5, 5.41) is 1.13. The highest BCUT2D eigenvalue weighted by atomic mass is 35.5. The van der Waals surface area contributed by atoms with Crippen molar-refractivity contribution >= 4 is 44.9 Å². The van der Waals surface area contributed by atoms with Crippen molar-refractivity contribution < 1.29 is 13.9 Å². The Morgan fingerprint density at radius 2 is 1.97 bits per heavy atom. The van der Waals surface area contributed by atoms with Crippen LogP contribution in [0.15, 0.2) is 24.3 Å². The maximum Gasteiger partial charge on any atom is 0.309 e. The first-order valence-corrected chi connectivity index (χ1v) is 10.8. The number of ether oxygens (including phenoxy) is 1. The van der Waals surface area contributed by atoms with Gasteiger partial charge >= 0.3 is 5.97 Å². The first kappa shape index (κ1) is 20.0. The molecule has 2 aromatic heterocycles. The topological polar surface area (TPSA) is 55.3 Å². The summed E-state index contributed by atoms with van der Waals surface area (Å²) in [5.74, 6) is 0.286. The number of thiophene rings is 1. The lowest BCUT2D eigenvalue weighted by atomic mass is 9.96. The molecule has 0 N–H and O–H groups in total. The lowest BCUT2D eigenvalue weighted by Gasteiger charge is -2.32. The molecule has 0 saturated carbocycles. The summed E-state index contributed by atoms with van der Waals surface area (Å²) >= 11 is 7.78. The Bertz CT molecular complexity index is 1050. The number of benzene rings is 1. The third-order valence-corrected chi connectivity index (χ3v) is 6.40. The zero-order valence-corrected chi connectivity index (χ0v) is 17.8.